The molecule has 7 heteroatoms. The molecular formula is C18H20N2O4S. The molecule has 0 aliphatic heterocycles. The van der Waals surface area contributed by atoms with Gasteiger partial charge < -0.3 is 14.8 Å². The van der Waals surface area contributed by atoms with Crippen molar-refractivity contribution in [1.29, 1.82) is 0 Å². The highest BCUT2D eigenvalue weighted by atomic mass is 32.2. The zero-order chi connectivity index (χ0) is 17.9. The van der Waals surface area contributed by atoms with Gasteiger partial charge in [-0.1, -0.05) is 18.2 Å². The lowest BCUT2D eigenvalue weighted by Gasteiger charge is -2.09. The Balaban J connectivity index is 1.90. The van der Waals surface area contributed by atoms with Crippen molar-refractivity contribution in [3.63, 3.8) is 0 Å². The van der Waals surface area contributed by atoms with Gasteiger partial charge in [0, 0.05) is 24.7 Å². The van der Waals surface area contributed by atoms with Crippen molar-refractivity contribution >= 4 is 23.6 Å². The van der Waals surface area contributed by atoms with Gasteiger partial charge in [0.05, 0.1) is 23.6 Å². The predicted octanol–water partition coefficient (Wildman–Crippen LogP) is 2.29. The van der Waals surface area contributed by atoms with E-state index in [0.717, 1.165) is 0 Å². The third-order valence-corrected chi connectivity index (χ3v) is 4.24. The van der Waals surface area contributed by atoms with E-state index >= 15 is 0 Å². The summed E-state index contributed by atoms with van der Waals surface area (Å²) in [6.45, 7) is 1.03. The molecule has 0 aliphatic rings. The summed E-state index contributed by atoms with van der Waals surface area (Å²) in [4.78, 5) is 28.9. The number of carbonyl (C=O) groups excluding carboxylic acids is 2. The van der Waals surface area contributed by atoms with Crippen molar-refractivity contribution in [2.45, 2.75) is 11.5 Å². The highest BCUT2D eigenvalue weighted by Gasteiger charge is 2.14. The molecule has 0 saturated carbocycles. The number of aromatic nitrogens is 1. The minimum atomic E-state index is -0.437. The molecule has 2 aromatic rings. The Labute approximate surface area is 150 Å². The monoisotopic (exact) mass is 360 g/mol. The summed E-state index contributed by atoms with van der Waals surface area (Å²) >= 11 is 1.29. The highest BCUT2D eigenvalue weighted by molar-refractivity contribution is 8.00. The van der Waals surface area contributed by atoms with E-state index in [1.54, 1.807) is 43.6 Å². The molecule has 6 nitrogen and oxygen atoms in total. The van der Waals surface area contributed by atoms with E-state index in [4.69, 9.17) is 9.47 Å². The molecule has 0 aliphatic carbocycles. The normalized spacial score (nSPS) is 10.3. The Hall–Kier alpha value is -2.38. The summed E-state index contributed by atoms with van der Waals surface area (Å²) in [5.74, 6) is -0.332. The zero-order valence-corrected chi connectivity index (χ0v) is 14.8. The van der Waals surface area contributed by atoms with Gasteiger partial charge in [-0.15, -0.1) is 11.8 Å². The topological polar surface area (TPSA) is 77.5 Å². The van der Waals surface area contributed by atoms with Gasteiger partial charge in [0.15, 0.2) is 0 Å². The minimum Gasteiger partial charge on any atom is -0.456 e. The number of hydrogen-bond donors (Lipinski definition) is 1. The second-order valence-corrected chi connectivity index (χ2v) is 6.04. The van der Waals surface area contributed by atoms with Crippen LogP contribution in [-0.4, -0.2) is 42.9 Å². The molecule has 0 saturated heterocycles. The molecular weight excluding hydrogens is 340 g/mol. The number of amides is 1. The summed E-state index contributed by atoms with van der Waals surface area (Å²) in [7, 11) is 1.58. The highest BCUT2D eigenvalue weighted by Crippen LogP contribution is 2.23. The van der Waals surface area contributed by atoms with E-state index < -0.39 is 5.97 Å². The van der Waals surface area contributed by atoms with E-state index in [-0.39, 0.29) is 18.3 Å². The first kappa shape index (κ1) is 19.0. The van der Waals surface area contributed by atoms with Crippen LogP contribution in [-0.2, 0) is 20.9 Å². The molecule has 1 amide bonds. The number of thioether (sulfide) groups is 1. The van der Waals surface area contributed by atoms with Crippen LogP contribution in [0.1, 0.15) is 16.1 Å². The van der Waals surface area contributed by atoms with E-state index in [2.05, 4.69) is 10.3 Å². The second-order valence-electron chi connectivity index (χ2n) is 5.02. The lowest BCUT2D eigenvalue weighted by Crippen LogP contribution is -2.28. The molecule has 2 rings (SSSR count). The molecule has 1 N–H and O–H groups in total. The Morgan fingerprint density at radius 3 is 2.72 bits per heavy atom. The Morgan fingerprint density at radius 2 is 1.96 bits per heavy atom. The summed E-state index contributed by atoms with van der Waals surface area (Å²) in [6, 6.07) is 12.5. The number of esters is 1. The fraction of sp³-hybridized carbons (Fsp3) is 0.278. The number of methoxy groups -OCH3 is 1. The van der Waals surface area contributed by atoms with Crippen molar-refractivity contribution in [1.82, 2.24) is 10.3 Å². The van der Waals surface area contributed by atoms with Gasteiger partial charge >= 0.3 is 5.97 Å². The minimum absolute atomic E-state index is 0.107. The average molecular weight is 360 g/mol. The lowest BCUT2D eigenvalue weighted by atomic mass is 10.2. The van der Waals surface area contributed by atoms with Crippen molar-refractivity contribution < 1.29 is 19.1 Å². The van der Waals surface area contributed by atoms with Crippen molar-refractivity contribution in [2.75, 3.05) is 26.0 Å². The van der Waals surface area contributed by atoms with Crippen LogP contribution in [0.5, 0.6) is 0 Å². The number of ether oxygens (including phenoxy) is 2. The molecule has 0 spiro atoms. The summed E-state index contributed by atoms with van der Waals surface area (Å²) in [5, 5.41) is 2.74. The second kappa shape index (κ2) is 10.5. The van der Waals surface area contributed by atoms with Gasteiger partial charge in [-0.2, -0.15) is 0 Å². The van der Waals surface area contributed by atoms with Gasteiger partial charge in [-0.3, -0.25) is 9.78 Å². The van der Waals surface area contributed by atoms with E-state index in [1.165, 1.54) is 11.8 Å². The molecule has 0 unspecified atom stereocenters. The molecule has 0 radical (unpaired) electrons. The third-order valence-electron chi connectivity index (χ3n) is 3.17. The third kappa shape index (κ3) is 6.56. The fourth-order valence-electron chi connectivity index (χ4n) is 1.95. The van der Waals surface area contributed by atoms with Crippen LogP contribution in [0, 0.1) is 0 Å². The number of nitrogens with one attached hydrogen (secondary N) is 1. The number of nitrogens with zero attached hydrogens (tertiary/aromatic N) is 1. The number of rotatable bonds is 9. The van der Waals surface area contributed by atoms with Gasteiger partial charge in [-0.25, -0.2) is 4.79 Å². The average Bonchev–Trinajstić information content (AvgIpc) is 2.66. The smallest absolute Gasteiger partial charge is 0.339 e. The van der Waals surface area contributed by atoms with Crippen LogP contribution in [0.2, 0.25) is 0 Å². The first-order valence-corrected chi connectivity index (χ1v) is 8.73. The molecule has 1 aromatic carbocycles. The van der Waals surface area contributed by atoms with Crippen molar-refractivity contribution in [2.24, 2.45) is 0 Å². The molecule has 1 aromatic heterocycles. The summed E-state index contributed by atoms with van der Waals surface area (Å²) in [5.41, 5.74) is 1.12. The van der Waals surface area contributed by atoms with Gasteiger partial charge in [0.25, 0.3) is 0 Å². The van der Waals surface area contributed by atoms with E-state index in [1.807, 2.05) is 12.1 Å². The fourth-order valence-corrected chi connectivity index (χ4v) is 2.82. The number of pyridine rings is 1. The van der Waals surface area contributed by atoms with Crippen LogP contribution in [0.15, 0.2) is 53.6 Å². The van der Waals surface area contributed by atoms with E-state index in [9.17, 15) is 9.59 Å². The Kier molecular flexibility index (Phi) is 7.94. The van der Waals surface area contributed by atoms with Crippen molar-refractivity contribution in [3.05, 3.63) is 59.9 Å². The maximum atomic E-state index is 12.3. The molecule has 1 heterocycles. The lowest BCUT2D eigenvalue weighted by molar-refractivity contribution is -0.118. The van der Waals surface area contributed by atoms with Gasteiger partial charge in [0.1, 0.15) is 6.61 Å². The summed E-state index contributed by atoms with van der Waals surface area (Å²) < 4.78 is 10.2. The van der Waals surface area contributed by atoms with Crippen LogP contribution in [0.4, 0.5) is 0 Å². The molecule has 0 fully saturated rings. The summed E-state index contributed by atoms with van der Waals surface area (Å²) in [6.07, 6.45) is 1.65. The first-order valence-electron chi connectivity index (χ1n) is 7.75. The van der Waals surface area contributed by atoms with Crippen LogP contribution < -0.4 is 5.32 Å². The quantitative estimate of drug-likeness (QED) is 0.420. The van der Waals surface area contributed by atoms with Gasteiger partial charge in [0.2, 0.25) is 5.91 Å². The number of hydrogen-bond acceptors (Lipinski definition) is 6. The molecule has 132 valence electrons. The zero-order valence-electron chi connectivity index (χ0n) is 13.9. The standard InChI is InChI=1S/C18H20N2O4S/c1-23-11-10-20-17(21)13-25-16-8-3-2-7-15(16)18(22)24-12-14-6-4-5-9-19-14/h2-9H,10-13H2,1H3,(H,20,21). The maximum Gasteiger partial charge on any atom is 0.339 e. The number of carbonyl (C=O) groups is 2. The maximum absolute atomic E-state index is 12.3. The van der Waals surface area contributed by atoms with E-state index in [0.29, 0.717) is 29.3 Å². The van der Waals surface area contributed by atoms with Crippen LogP contribution >= 0.6 is 11.8 Å². The predicted molar refractivity (Wildman–Crippen MR) is 95.4 cm³/mol. The molecule has 0 atom stereocenters. The molecule has 25 heavy (non-hydrogen) atoms. The Bertz CT molecular complexity index is 694. The van der Waals surface area contributed by atoms with Gasteiger partial charge in [-0.05, 0) is 24.3 Å². The largest absolute Gasteiger partial charge is 0.456 e. The van der Waals surface area contributed by atoms with Crippen LogP contribution in [0.25, 0.3) is 0 Å². The number of benzene rings is 1. The van der Waals surface area contributed by atoms with Crippen molar-refractivity contribution in [3.8, 4) is 0 Å². The Morgan fingerprint density at radius 1 is 1.16 bits per heavy atom. The van der Waals surface area contributed by atoms with Crippen LogP contribution in [0.3, 0.4) is 0 Å². The first-order chi connectivity index (χ1) is 12.2. The SMILES string of the molecule is COCCNC(=O)CSc1ccccc1C(=O)OCc1ccccn1. The molecule has 0 bridgehead atoms.